The van der Waals surface area contributed by atoms with Crippen LogP contribution in [0.15, 0.2) is 53.5 Å². The van der Waals surface area contributed by atoms with Gasteiger partial charge in [-0.15, -0.1) is 0 Å². The lowest BCUT2D eigenvalue weighted by Gasteiger charge is -2.13. The number of hydrogen-bond acceptors (Lipinski definition) is 2. The summed E-state index contributed by atoms with van der Waals surface area (Å²) in [7, 11) is 0. The maximum Gasteiger partial charge on any atom is 0.244 e. The van der Waals surface area contributed by atoms with Crippen LogP contribution in [-0.4, -0.2) is 10.5 Å². The highest BCUT2D eigenvalue weighted by atomic mass is 19.1. The molecule has 0 aliphatic carbocycles. The number of nitrogens with one attached hydrogen (secondary N) is 1. The van der Waals surface area contributed by atoms with E-state index < -0.39 is 5.82 Å². The number of aromatic nitrogens is 1. The van der Waals surface area contributed by atoms with Gasteiger partial charge in [-0.25, -0.2) is 4.39 Å². The van der Waals surface area contributed by atoms with Crippen LogP contribution in [-0.2, 0) is 11.3 Å². The molecule has 2 aromatic carbocycles. The molecule has 1 N–H and O–H groups in total. The van der Waals surface area contributed by atoms with E-state index in [0.717, 1.165) is 16.8 Å². The molecule has 24 heavy (non-hydrogen) atoms. The predicted octanol–water partition coefficient (Wildman–Crippen LogP) is 3.40. The fourth-order valence-corrected chi connectivity index (χ4v) is 2.69. The number of benzene rings is 2. The normalized spacial score (nSPS) is 10.8. The number of aryl methyl sites for hydroxylation is 1. The van der Waals surface area contributed by atoms with E-state index in [9.17, 15) is 14.0 Å². The Labute approximate surface area is 138 Å². The standard InChI is InChI=1S/C19H17FN2O2/c1-12-5-3-8-16(13(12)2)21-18(24)11-22-10-9-17(23)14-6-4-7-15(20)19(14)22/h3-10H,11H2,1-2H3,(H,21,24). The number of anilines is 1. The molecular formula is C19H17FN2O2. The van der Waals surface area contributed by atoms with Crippen molar-refractivity contribution >= 4 is 22.5 Å². The first-order valence-corrected chi connectivity index (χ1v) is 7.61. The summed E-state index contributed by atoms with van der Waals surface area (Å²) in [4.78, 5) is 24.2. The smallest absolute Gasteiger partial charge is 0.244 e. The lowest BCUT2D eigenvalue weighted by atomic mass is 10.1. The molecule has 1 amide bonds. The van der Waals surface area contributed by atoms with Crippen molar-refractivity contribution in [3.63, 3.8) is 0 Å². The van der Waals surface area contributed by atoms with Gasteiger partial charge in [0, 0.05) is 23.3 Å². The van der Waals surface area contributed by atoms with Crippen molar-refractivity contribution in [2.45, 2.75) is 20.4 Å². The van der Waals surface area contributed by atoms with Gasteiger partial charge in [-0.05, 0) is 43.2 Å². The van der Waals surface area contributed by atoms with Gasteiger partial charge in [-0.3, -0.25) is 9.59 Å². The Bertz CT molecular complexity index is 992. The highest BCUT2D eigenvalue weighted by Gasteiger charge is 2.11. The summed E-state index contributed by atoms with van der Waals surface area (Å²) in [6.07, 6.45) is 1.44. The number of nitrogens with zero attached hydrogens (tertiary/aromatic N) is 1. The van der Waals surface area contributed by atoms with Gasteiger partial charge >= 0.3 is 0 Å². The van der Waals surface area contributed by atoms with E-state index in [1.165, 1.54) is 29.0 Å². The van der Waals surface area contributed by atoms with Crippen LogP contribution in [0.25, 0.3) is 10.9 Å². The zero-order valence-corrected chi connectivity index (χ0v) is 13.5. The Kier molecular flexibility index (Phi) is 4.16. The molecule has 3 rings (SSSR count). The van der Waals surface area contributed by atoms with E-state index in [0.29, 0.717) is 0 Å². The summed E-state index contributed by atoms with van der Waals surface area (Å²) in [6.45, 7) is 3.82. The molecule has 0 atom stereocenters. The quantitative estimate of drug-likeness (QED) is 0.803. The molecule has 0 radical (unpaired) electrons. The Hall–Kier alpha value is -2.95. The number of carbonyl (C=O) groups excluding carboxylic acids is 1. The van der Waals surface area contributed by atoms with Gasteiger partial charge in [0.15, 0.2) is 5.43 Å². The molecule has 0 bridgehead atoms. The molecule has 0 fully saturated rings. The molecule has 3 aromatic rings. The summed E-state index contributed by atoms with van der Waals surface area (Å²) in [6, 6.07) is 11.3. The fraction of sp³-hybridized carbons (Fsp3) is 0.158. The van der Waals surface area contributed by atoms with Crippen molar-refractivity contribution in [1.82, 2.24) is 4.57 Å². The monoisotopic (exact) mass is 324 g/mol. The van der Waals surface area contributed by atoms with Crippen molar-refractivity contribution in [1.29, 1.82) is 0 Å². The first-order chi connectivity index (χ1) is 11.5. The van der Waals surface area contributed by atoms with E-state index in [4.69, 9.17) is 0 Å². The van der Waals surface area contributed by atoms with E-state index in [1.807, 2.05) is 32.0 Å². The zero-order chi connectivity index (χ0) is 17.3. The maximum absolute atomic E-state index is 14.1. The van der Waals surface area contributed by atoms with Crippen LogP contribution in [0, 0.1) is 19.7 Å². The van der Waals surface area contributed by atoms with Gasteiger partial charge < -0.3 is 9.88 Å². The molecule has 122 valence electrons. The predicted molar refractivity (Wildman–Crippen MR) is 92.7 cm³/mol. The third kappa shape index (κ3) is 2.93. The number of fused-ring (bicyclic) bond motifs is 1. The minimum Gasteiger partial charge on any atom is -0.335 e. The average Bonchev–Trinajstić information content (AvgIpc) is 2.55. The van der Waals surface area contributed by atoms with Crippen LogP contribution in [0.4, 0.5) is 10.1 Å². The lowest BCUT2D eigenvalue weighted by Crippen LogP contribution is -2.21. The molecule has 1 aromatic heterocycles. The zero-order valence-electron chi connectivity index (χ0n) is 13.5. The molecule has 0 aliphatic heterocycles. The second-order valence-corrected chi connectivity index (χ2v) is 5.74. The van der Waals surface area contributed by atoms with E-state index in [-0.39, 0.29) is 28.8 Å². The maximum atomic E-state index is 14.1. The van der Waals surface area contributed by atoms with Crippen LogP contribution in [0.5, 0.6) is 0 Å². The largest absolute Gasteiger partial charge is 0.335 e. The van der Waals surface area contributed by atoms with Crippen molar-refractivity contribution in [3.05, 3.63) is 75.8 Å². The highest BCUT2D eigenvalue weighted by molar-refractivity contribution is 5.92. The van der Waals surface area contributed by atoms with Crippen LogP contribution in [0.1, 0.15) is 11.1 Å². The number of halogens is 1. The van der Waals surface area contributed by atoms with E-state index >= 15 is 0 Å². The van der Waals surface area contributed by atoms with Crippen molar-refractivity contribution in [2.75, 3.05) is 5.32 Å². The van der Waals surface area contributed by atoms with Crippen LogP contribution < -0.4 is 10.7 Å². The molecular weight excluding hydrogens is 307 g/mol. The number of amides is 1. The number of carbonyl (C=O) groups is 1. The number of para-hydroxylation sites is 1. The molecule has 0 saturated carbocycles. The first-order valence-electron chi connectivity index (χ1n) is 7.61. The molecule has 0 aliphatic rings. The minimum absolute atomic E-state index is 0.0783. The third-order valence-corrected chi connectivity index (χ3v) is 4.14. The van der Waals surface area contributed by atoms with Crippen LogP contribution >= 0.6 is 0 Å². The van der Waals surface area contributed by atoms with Crippen molar-refractivity contribution in [2.24, 2.45) is 0 Å². The number of rotatable bonds is 3. The Morgan fingerprint density at radius 2 is 1.88 bits per heavy atom. The third-order valence-electron chi connectivity index (χ3n) is 4.14. The van der Waals surface area contributed by atoms with E-state index in [2.05, 4.69) is 5.32 Å². The lowest BCUT2D eigenvalue weighted by molar-refractivity contribution is -0.116. The first kappa shape index (κ1) is 15.9. The number of hydrogen-bond donors (Lipinski definition) is 1. The summed E-state index contributed by atoms with van der Waals surface area (Å²) >= 11 is 0. The fourth-order valence-electron chi connectivity index (χ4n) is 2.69. The van der Waals surface area contributed by atoms with Gasteiger partial charge in [0.05, 0.1) is 5.52 Å². The van der Waals surface area contributed by atoms with Crippen molar-refractivity contribution in [3.8, 4) is 0 Å². The average molecular weight is 324 g/mol. The second kappa shape index (κ2) is 6.28. The van der Waals surface area contributed by atoms with Crippen LogP contribution in [0.2, 0.25) is 0 Å². The molecule has 4 nitrogen and oxygen atoms in total. The summed E-state index contributed by atoms with van der Waals surface area (Å²) < 4.78 is 15.6. The van der Waals surface area contributed by atoms with Gasteiger partial charge in [-0.2, -0.15) is 0 Å². The van der Waals surface area contributed by atoms with E-state index in [1.54, 1.807) is 6.07 Å². The highest BCUT2D eigenvalue weighted by Crippen LogP contribution is 2.19. The van der Waals surface area contributed by atoms with Gasteiger partial charge in [0.25, 0.3) is 0 Å². The van der Waals surface area contributed by atoms with Crippen LogP contribution in [0.3, 0.4) is 0 Å². The van der Waals surface area contributed by atoms with Crippen molar-refractivity contribution < 1.29 is 9.18 Å². The summed E-state index contributed by atoms with van der Waals surface area (Å²) in [5.41, 5.74) is 2.66. The second-order valence-electron chi connectivity index (χ2n) is 5.74. The Morgan fingerprint density at radius 3 is 2.67 bits per heavy atom. The number of pyridine rings is 1. The summed E-state index contributed by atoms with van der Waals surface area (Å²) in [5.74, 6) is -0.804. The van der Waals surface area contributed by atoms with Gasteiger partial charge in [0.2, 0.25) is 5.91 Å². The molecule has 5 heteroatoms. The molecule has 1 heterocycles. The van der Waals surface area contributed by atoms with Gasteiger partial charge in [-0.1, -0.05) is 18.2 Å². The molecule has 0 spiro atoms. The topological polar surface area (TPSA) is 51.1 Å². The summed E-state index contributed by atoms with van der Waals surface area (Å²) in [5, 5.41) is 3.10. The molecule has 0 unspecified atom stereocenters. The Morgan fingerprint density at radius 1 is 1.12 bits per heavy atom. The minimum atomic E-state index is -0.523. The SMILES string of the molecule is Cc1cccc(NC(=O)Cn2ccc(=O)c3cccc(F)c32)c1C. The Balaban J connectivity index is 1.93. The van der Waals surface area contributed by atoms with Gasteiger partial charge in [0.1, 0.15) is 12.4 Å². The molecule has 0 saturated heterocycles.